The third kappa shape index (κ3) is 2.54. The number of likely N-dealkylation sites (tertiary alicyclic amines) is 1. The zero-order valence-corrected chi connectivity index (χ0v) is 11.6. The average Bonchev–Trinajstić information content (AvgIpc) is 3.07. The van der Waals surface area contributed by atoms with Gasteiger partial charge in [0, 0.05) is 39.5 Å². The summed E-state index contributed by atoms with van der Waals surface area (Å²) in [5.74, 6) is -0.136. The predicted molar refractivity (Wildman–Crippen MR) is 76.3 cm³/mol. The smallest absolute Gasteiger partial charge is 0.268 e. The standard InChI is InChI=1S/C15H19N3O2/c1-16-14(19)13-9-15(20-17-13)7-8-18(11-15)10-12-5-3-2-4-6-12/h2-6H,7-11H2,1H3,(H,16,19)/t15-/m1/s1. The number of nitrogens with zero attached hydrogens (tertiary/aromatic N) is 2. The van der Waals surface area contributed by atoms with E-state index in [1.54, 1.807) is 7.05 Å². The fourth-order valence-electron chi connectivity index (χ4n) is 2.91. The lowest BCUT2D eigenvalue weighted by Crippen LogP contribution is -2.36. The molecule has 5 heteroatoms. The van der Waals surface area contributed by atoms with Gasteiger partial charge in [-0.1, -0.05) is 35.5 Å². The van der Waals surface area contributed by atoms with Crippen molar-refractivity contribution in [3.8, 4) is 0 Å². The van der Waals surface area contributed by atoms with Crippen molar-refractivity contribution in [3.63, 3.8) is 0 Å². The van der Waals surface area contributed by atoms with E-state index in [1.807, 2.05) is 6.07 Å². The van der Waals surface area contributed by atoms with Gasteiger partial charge in [0.1, 0.15) is 5.71 Å². The van der Waals surface area contributed by atoms with Crippen LogP contribution < -0.4 is 5.32 Å². The largest absolute Gasteiger partial charge is 0.387 e. The Morgan fingerprint density at radius 1 is 1.45 bits per heavy atom. The summed E-state index contributed by atoms with van der Waals surface area (Å²) in [6, 6.07) is 10.4. The van der Waals surface area contributed by atoms with Gasteiger partial charge in [0.25, 0.3) is 5.91 Å². The minimum atomic E-state index is -0.295. The summed E-state index contributed by atoms with van der Waals surface area (Å²) in [6.45, 7) is 2.72. The number of rotatable bonds is 3. The Kier molecular flexibility index (Phi) is 3.44. The molecule has 1 atom stereocenters. The van der Waals surface area contributed by atoms with Gasteiger partial charge in [-0.3, -0.25) is 9.69 Å². The van der Waals surface area contributed by atoms with E-state index in [4.69, 9.17) is 4.84 Å². The lowest BCUT2D eigenvalue weighted by molar-refractivity contribution is -0.114. The first-order valence-corrected chi connectivity index (χ1v) is 6.94. The highest BCUT2D eigenvalue weighted by Crippen LogP contribution is 2.34. The van der Waals surface area contributed by atoms with E-state index >= 15 is 0 Å². The lowest BCUT2D eigenvalue weighted by Gasteiger charge is -2.21. The van der Waals surface area contributed by atoms with Crippen LogP contribution in [0.2, 0.25) is 0 Å². The van der Waals surface area contributed by atoms with Crippen molar-refractivity contribution in [3.05, 3.63) is 35.9 Å². The summed E-state index contributed by atoms with van der Waals surface area (Å²) in [6.07, 6.45) is 1.53. The van der Waals surface area contributed by atoms with Gasteiger partial charge in [0.2, 0.25) is 0 Å². The molecule has 1 fully saturated rings. The normalized spacial score (nSPS) is 25.6. The molecular weight excluding hydrogens is 254 g/mol. The molecule has 0 aliphatic carbocycles. The minimum Gasteiger partial charge on any atom is -0.387 e. The van der Waals surface area contributed by atoms with Gasteiger partial charge in [0.15, 0.2) is 5.60 Å². The Labute approximate surface area is 118 Å². The van der Waals surface area contributed by atoms with Crippen molar-refractivity contribution in [2.24, 2.45) is 5.16 Å². The molecule has 0 radical (unpaired) electrons. The maximum absolute atomic E-state index is 11.6. The van der Waals surface area contributed by atoms with Crippen LogP contribution in [-0.4, -0.2) is 42.3 Å². The second-order valence-corrected chi connectivity index (χ2v) is 5.51. The fraction of sp³-hybridized carbons (Fsp3) is 0.467. The van der Waals surface area contributed by atoms with E-state index in [0.29, 0.717) is 12.1 Å². The molecule has 0 unspecified atom stereocenters. The average molecular weight is 273 g/mol. The van der Waals surface area contributed by atoms with E-state index in [0.717, 1.165) is 26.1 Å². The number of benzene rings is 1. The van der Waals surface area contributed by atoms with Crippen LogP contribution in [0.5, 0.6) is 0 Å². The zero-order valence-electron chi connectivity index (χ0n) is 11.6. The summed E-state index contributed by atoms with van der Waals surface area (Å²) in [7, 11) is 1.62. The van der Waals surface area contributed by atoms with Crippen molar-refractivity contribution < 1.29 is 9.63 Å². The molecule has 3 rings (SSSR count). The van der Waals surface area contributed by atoms with Gasteiger partial charge in [-0.05, 0) is 5.56 Å². The number of hydrogen-bond acceptors (Lipinski definition) is 4. The molecule has 0 saturated carbocycles. The van der Waals surface area contributed by atoms with Crippen LogP contribution >= 0.6 is 0 Å². The van der Waals surface area contributed by atoms with Gasteiger partial charge in [-0.25, -0.2) is 0 Å². The number of carbonyl (C=O) groups excluding carboxylic acids is 1. The number of nitrogens with one attached hydrogen (secondary N) is 1. The van der Waals surface area contributed by atoms with E-state index in [2.05, 4.69) is 39.6 Å². The molecule has 2 aliphatic rings. The molecule has 5 nitrogen and oxygen atoms in total. The summed E-state index contributed by atoms with van der Waals surface area (Å²) in [5, 5.41) is 6.56. The van der Waals surface area contributed by atoms with Crippen LogP contribution in [-0.2, 0) is 16.2 Å². The van der Waals surface area contributed by atoms with Gasteiger partial charge >= 0.3 is 0 Å². The molecule has 1 N–H and O–H groups in total. The highest BCUT2D eigenvalue weighted by atomic mass is 16.7. The minimum absolute atomic E-state index is 0.136. The van der Waals surface area contributed by atoms with E-state index in [-0.39, 0.29) is 11.5 Å². The molecule has 1 aromatic carbocycles. The topological polar surface area (TPSA) is 53.9 Å². The first-order chi connectivity index (χ1) is 9.71. The van der Waals surface area contributed by atoms with E-state index in [1.165, 1.54) is 5.56 Å². The van der Waals surface area contributed by atoms with Crippen molar-refractivity contribution in [2.45, 2.75) is 25.0 Å². The first kappa shape index (κ1) is 13.1. The van der Waals surface area contributed by atoms with Crippen LogP contribution in [0.3, 0.4) is 0 Å². The maximum Gasteiger partial charge on any atom is 0.268 e. The number of carbonyl (C=O) groups is 1. The van der Waals surface area contributed by atoms with Gasteiger partial charge in [0.05, 0.1) is 0 Å². The second kappa shape index (κ2) is 5.25. The van der Waals surface area contributed by atoms with Crippen LogP contribution in [0.25, 0.3) is 0 Å². The van der Waals surface area contributed by atoms with Crippen molar-refractivity contribution in [2.75, 3.05) is 20.1 Å². The molecule has 20 heavy (non-hydrogen) atoms. The molecule has 106 valence electrons. The van der Waals surface area contributed by atoms with E-state index < -0.39 is 0 Å². The zero-order chi connectivity index (χ0) is 14.0. The molecular formula is C15H19N3O2. The van der Waals surface area contributed by atoms with Gasteiger partial charge < -0.3 is 10.2 Å². The van der Waals surface area contributed by atoms with Crippen LogP contribution in [0, 0.1) is 0 Å². The summed E-state index contributed by atoms with van der Waals surface area (Å²) >= 11 is 0. The van der Waals surface area contributed by atoms with Crippen LogP contribution in [0.4, 0.5) is 0 Å². The Morgan fingerprint density at radius 2 is 2.25 bits per heavy atom. The van der Waals surface area contributed by atoms with Crippen molar-refractivity contribution in [1.82, 2.24) is 10.2 Å². The van der Waals surface area contributed by atoms with Crippen molar-refractivity contribution in [1.29, 1.82) is 0 Å². The Hall–Kier alpha value is -1.88. The lowest BCUT2D eigenvalue weighted by atomic mass is 9.96. The van der Waals surface area contributed by atoms with Gasteiger partial charge in [-0.15, -0.1) is 0 Å². The molecule has 1 spiro atoms. The molecule has 0 aromatic heterocycles. The number of amides is 1. The number of oxime groups is 1. The van der Waals surface area contributed by atoms with E-state index in [9.17, 15) is 4.79 Å². The summed E-state index contributed by atoms with van der Waals surface area (Å²) in [4.78, 5) is 19.5. The Balaban J connectivity index is 1.59. The van der Waals surface area contributed by atoms with Gasteiger partial charge in [-0.2, -0.15) is 0 Å². The molecule has 2 heterocycles. The summed E-state index contributed by atoms with van der Waals surface area (Å²) < 4.78 is 0. The number of hydrogen-bond donors (Lipinski definition) is 1. The molecule has 1 aromatic rings. The molecule has 0 bridgehead atoms. The van der Waals surface area contributed by atoms with Crippen LogP contribution in [0.15, 0.2) is 35.5 Å². The third-order valence-corrected chi connectivity index (χ3v) is 3.97. The van der Waals surface area contributed by atoms with Crippen molar-refractivity contribution >= 4 is 11.6 Å². The molecule has 1 saturated heterocycles. The molecule has 1 amide bonds. The quantitative estimate of drug-likeness (QED) is 0.899. The van der Waals surface area contributed by atoms with Crippen LogP contribution in [0.1, 0.15) is 18.4 Å². The highest BCUT2D eigenvalue weighted by molar-refractivity contribution is 6.39. The monoisotopic (exact) mass is 273 g/mol. The summed E-state index contributed by atoms with van der Waals surface area (Å²) in [5.41, 5.74) is 1.51. The Bertz CT molecular complexity index is 529. The highest BCUT2D eigenvalue weighted by Gasteiger charge is 2.46. The third-order valence-electron chi connectivity index (χ3n) is 3.97. The Morgan fingerprint density at radius 3 is 3.00 bits per heavy atom. The first-order valence-electron chi connectivity index (χ1n) is 6.94. The SMILES string of the molecule is CNC(=O)C1=NO[C@]2(CCN(Cc3ccccc3)C2)C1. The predicted octanol–water partition coefficient (Wildman–Crippen LogP) is 1.15. The fourth-order valence-corrected chi connectivity index (χ4v) is 2.91. The second-order valence-electron chi connectivity index (χ2n) is 5.51. The maximum atomic E-state index is 11.6. The molecule has 2 aliphatic heterocycles.